The molecule has 1 atom stereocenters. The molecule has 4 nitrogen and oxygen atoms in total. The van der Waals surface area contributed by atoms with E-state index in [4.69, 9.17) is 0 Å². The highest BCUT2D eigenvalue weighted by Crippen LogP contribution is 2.36. The topological polar surface area (TPSA) is 44.4 Å². The van der Waals surface area contributed by atoms with Gasteiger partial charge in [0.1, 0.15) is 0 Å². The largest absolute Gasteiger partial charge is 0.356 e. The molecule has 2 rings (SSSR count). The molecule has 0 aromatic carbocycles. The molecule has 0 bridgehead atoms. The molecule has 1 unspecified atom stereocenters. The minimum absolute atomic E-state index is 0.231. The van der Waals surface area contributed by atoms with Gasteiger partial charge in [-0.2, -0.15) is 0 Å². The molecule has 0 radical (unpaired) electrons. The van der Waals surface area contributed by atoms with Crippen molar-refractivity contribution in [3.63, 3.8) is 0 Å². The van der Waals surface area contributed by atoms with E-state index in [1.807, 2.05) is 0 Å². The van der Waals surface area contributed by atoms with E-state index in [0.717, 1.165) is 45.7 Å². The molecular formula is C13H25N3O. The molecule has 2 fully saturated rings. The van der Waals surface area contributed by atoms with Crippen molar-refractivity contribution in [1.82, 2.24) is 15.5 Å². The van der Waals surface area contributed by atoms with E-state index in [9.17, 15) is 4.79 Å². The van der Waals surface area contributed by atoms with Crippen LogP contribution >= 0.6 is 0 Å². The van der Waals surface area contributed by atoms with Crippen LogP contribution in [0, 0.1) is 11.8 Å². The van der Waals surface area contributed by atoms with Gasteiger partial charge in [-0.1, -0.05) is 6.92 Å². The van der Waals surface area contributed by atoms with E-state index in [2.05, 4.69) is 22.5 Å². The van der Waals surface area contributed by atoms with Gasteiger partial charge in [-0.25, -0.2) is 0 Å². The molecule has 1 saturated carbocycles. The molecule has 17 heavy (non-hydrogen) atoms. The summed E-state index contributed by atoms with van der Waals surface area (Å²) in [5.74, 6) is 1.16. The molecule has 2 N–H and O–H groups in total. The van der Waals surface area contributed by atoms with Crippen molar-refractivity contribution in [2.45, 2.75) is 26.2 Å². The van der Waals surface area contributed by atoms with E-state index in [1.165, 1.54) is 12.8 Å². The third kappa shape index (κ3) is 4.28. The van der Waals surface area contributed by atoms with Gasteiger partial charge < -0.3 is 15.5 Å². The molecule has 4 heteroatoms. The van der Waals surface area contributed by atoms with Crippen molar-refractivity contribution in [3.8, 4) is 0 Å². The van der Waals surface area contributed by atoms with Crippen LogP contribution in [0.15, 0.2) is 0 Å². The van der Waals surface area contributed by atoms with Crippen LogP contribution in [0.4, 0.5) is 0 Å². The molecule has 1 aliphatic heterocycles. The van der Waals surface area contributed by atoms with E-state index < -0.39 is 0 Å². The molecule has 1 aliphatic carbocycles. The predicted octanol–water partition coefficient (Wildman–Crippen LogP) is 0.444. The summed E-state index contributed by atoms with van der Waals surface area (Å²) in [6, 6.07) is 0. The fourth-order valence-corrected chi connectivity index (χ4v) is 2.42. The maximum Gasteiger partial charge on any atom is 0.223 e. The van der Waals surface area contributed by atoms with Gasteiger partial charge >= 0.3 is 0 Å². The normalized spacial score (nSPS) is 23.4. The van der Waals surface area contributed by atoms with Crippen LogP contribution in [0.3, 0.4) is 0 Å². The van der Waals surface area contributed by atoms with Gasteiger partial charge in [0.05, 0.1) is 0 Å². The lowest BCUT2D eigenvalue weighted by Gasteiger charge is -2.27. The van der Waals surface area contributed by atoms with Crippen LogP contribution in [0.2, 0.25) is 0 Å². The first kappa shape index (κ1) is 12.8. The van der Waals surface area contributed by atoms with Crippen molar-refractivity contribution in [2.24, 2.45) is 11.8 Å². The first-order valence-electron chi connectivity index (χ1n) is 6.98. The SMILES string of the molecule is CC(C(=O)NCCCN1CCNCC1)C1CC1. The number of amides is 1. The van der Waals surface area contributed by atoms with Crippen molar-refractivity contribution in [1.29, 1.82) is 0 Å². The van der Waals surface area contributed by atoms with Gasteiger partial charge in [0.25, 0.3) is 0 Å². The minimum Gasteiger partial charge on any atom is -0.356 e. The quantitative estimate of drug-likeness (QED) is 0.661. The maximum atomic E-state index is 11.7. The van der Waals surface area contributed by atoms with Crippen molar-refractivity contribution >= 4 is 5.91 Å². The lowest BCUT2D eigenvalue weighted by Crippen LogP contribution is -2.44. The number of nitrogens with one attached hydrogen (secondary N) is 2. The molecule has 1 heterocycles. The van der Waals surface area contributed by atoms with Crippen LogP contribution in [0.1, 0.15) is 26.2 Å². The maximum absolute atomic E-state index is 11.7. The van der Waals surface area contributed by atoms with Gasteiger partial charge in [0.2, 0.25) is 5.91 Å². The Morgan fingerprint density at radius 1 is 1.41 bits per heavy atom. The van der Waals surface area contributed by atoms with Crippen molar-refractivity contribution in [3.05, 3.63) is 0 Å². The number of carbonyl (C=O) groups is 1. The summed E-state index contributed by atoms with van der Waals surface area (Å²) in [6.45, 7) is 8.50. The number of nitrogens with zero attached hydrogens (tertiary/aromatic N) is 1. The Labute approximate surface area is 104 Å². The first-order valence-corrected chi connectivity index (χ1v) is 6.98. The highest BCUT2D eigenvalue weighted by Gasteiger charge is 2.32. The Morgan fingerprint density at radius 3 is 2.76 bits per heavy atom. The summed E-state index contributed by atoms with van der Waals surface area (Å²) in [5.41, 5.74) is 0. The second-order valence-electron chi connectivity index (χ2n) is 5.36. The third-order valence-electron chi connectivity index (χ3n) is 3.90. The second-order valence-corrected chi connectivity index (χ2v) is 5.36. The highest BCUT2D eigenvalue weighted by molar-refractivity contribution is 5.78. The summed E-state index contributed by atoms with van der Waals surface area (Å²) in [4.78, 5) is 14.2. The summed E-state index contributed by atoms with van der Waals surface area (Å²) >= 11 is 0. The van der Waals surface area contributed by atoms with Crippen LogP contribution in [-0.2, 0) is 4.79 Å². The Hall–Kier alpha value is -0.610. The number of hydrogen-bond acceptors (Lipinski definition) is 3. The van der Waals surface area contributed by atoms with Gasteiger partial charge in [-0.05, 0) is 31.7 Å². The van der Waals surface area contributed by atoms with Crippen LogP contribution in [-0.4, -0.2) is 50.1 Å². The number of hydrogen-bond donors (Lipinski definition) is 2. The molecule has 0 spiro atoms. The zero-order chi connectivity index (χ0) is 12.1. The monoisotopic (exact) mass is 239 g/mol. The number of rotatable bonds is 6. The molecule has 1 amide bonds. The third-order valence-corrected chi connectivity index (χ3v) is 3.90. The van der Waals surface area contributed by atoms with Crippen LogP contribution < -0.4 is 10.6 Å². The Morgan fingerprint density at radius 2 is 2.12 bits per heavy atom. The number of carbonyl (C=O) groups excluding carboxylic acids is 1. The molecule has 0 aromatic rings. The van der Waals surface area contributed by atoms with E-state index in [-0.39, 0.29) is 11.8 Å². The molecular weight excluding hydrogens is 214 g/mol. The zero-order valence-electron chi connectivity index (χ0n) is 10.9. The molecule has 0 aromatic heterocycles. The number of piperazine rings is 1. The highest BCUT2D eigenvalue weighted by atomic mass is 16.1. The van der Waals surface area contributed by atoms with Gasteiger partial charge in [-0.15, -0.1) is 0 Å². The zero-order valence-corrected chi connectivity index (χ0v) is 10.9. The second kappa shape index (κ2) is 6.36. The van der Waals surface area contributed by atoms with E-state index in [0.29, 0.717) is 5.92 Å². The average molecular weight is 239 g/mol. The molecule has 2 aliphatic rings. The van der Waals surface area contributed by atoms with Crippen molar-refractivity contribution < 1.29 is 4.79 Å². The van der Waals surface area contributed by atoms with Gasteiger partial charge in [0.15, 0.2) is 0 Å². The fraction of sp³-hybridized carbons (Fsp3) is 0.923. The van der Waals surface area contributed by atoms with E-state index in [1.54, 1.807) is 0 Å². The lowest BCUT2D eigenvalue weighted by molar-refractivity contribution is -0.125. The summed E-state index contributed by atoms with van der Waals surface area (Å²) in [7, 11) is 0. The average Bonchev–Trinajstić information content (AvgIpc) is 3.19. The van der Waals surface area contributed by atoms with Crippen LogP contribution in [0.5, 0.6) is 0 Å². The van der Waals surface area contributed by atoms with E-state index >= 15 is 0 Å². The Bertz CT molecular complexity index is 247. The van der Waals surface area contributed by atoms with Gasteiger partial charge in [0, 0.05) is 38.6 Å². The summed E-state index contributed by atoms with van der Waals surface area (Å²) in [5, 5.41) is 6.41. The standard InChI is InChI=1S/C13H25N3O/c1-11(12-3-4-12)13(17)15-5-2-8-16-9-6-14-7-10-16/h11-12,14H,2-10H2,1H3,(H,15,17). The van der Waals surface area contributed by atoms with Gasteiger partial charge in [-0.3, -0.25) is 4.79 Å². The first-order chi connectivity index (χ1) is 8.27. The van der Waals surface area contributed by atoms with Crippen LogP contribution in [0.25, 0.3) is 0 Å². The summed E-state index contributed by atoms with van der Waals surface area (Å²) < 4.78 is 0. The molecule has 1 saturated heterocycles. The fourth-order valence-electron chi connectivity index (χ4n) is 2.42. The summed E-state index contributed by atoms with van der Waals surface area (Å²) in [6.07, 6.45) is 3.56. The predicted molar refractivity (Wildman–Crippen MR) is 68.8 cm³/mol. The minimum atomic E-state index is 0.231. The Kier molecular flexibility index (Phi) is 4.80. The molecule has 98 valence electrons. The smallest absolute Gasteiger partial charge is 0.223 e. The lowest BCUT2D eigenvalue weighted by atomic mass is 10.1. The Balaban J connectivity index is 1.51. The van der Waals surface area contributed by atoms with Crippen molar-refractivity contribution in [2.75, 3.05) is 39.3 Å².